The number of cyclic esters (lactones) is 1. The van der Waals surface area contributed by atoms with Crippen LogP contribution in [0.15, 0.2) is 11.1 Å². The lowest BCUT2D eigenvalue weighted by molar-refractivity contribution is -0.135. The van der Waals surface area contributed by atoms with E-state index in [-0.39, 0.29) is 12.1 Å². The Morgan fingerprint density at radius 3 is 2.73 bits per heavy atom. The van der Waals surface area contributed by atoms with Gasteiger partial charge in [0.05, 0.1) is 6.10 Å². The van der Waals surface area contributed by atoms with E-state index in [0.717, 1.165) is 43.3 Å². The fourth-order valence-electron chi connectivity index (χ4n) is 1.70. The van der Waals surface area contributed by atoms with E-state index in [1.165, 1.54) is 0 Å². The number of carbonyl (C=O) groups excluding carboxylic acids is 1. The fraction of sp³-hybridized carbons (Fsp3) is 0.750. The Kier molecular flexibility index (Phi) is 4.82. The molecule has 0 spiro atoms. The monoisotopic (exact) mass is 212 g/mol. The standard InChI is InChI=1S/C12H20O3/c1-3-11(13)7-5-4-6-10-8-15-12(14)9(10)2/h11,13H,3-8H2,1-2H3/t11-/m1/s1. The molecule has 1 N–H and O–H groups in total. The zero-order valence-electron chi connectivity index (χ0n) is 9.58. The highest BCUT2D eigenvalue weighted by molar-refractivity contribution is 5.90. The first-order valence-corrected chi connectivity index (χ1v) is 5.69. The van der Waals surface area contributed by atoms with Crippen molar-refractivity contribution in [2.24, 2.45) is 0 Å². The van der Waals surface area contributed by atoms with Gasteiger partial charge in [0.2, 0.25) is 0 Å². The third-order valence-electron chi connectivity index (χ3n) is 2.95. The van der Waals surface area contributed by atoms with Crippen LogP contribution >= 0.6 is 0 Å². The van der Waals surface area contributed by atoms with Gasteiger partial charge in [-0.2, -0.15) is 0 Å². The molecular weight excluding hydrogens is 192 g/mol. The van der Waals surface area contributed by atoms with E-state index in [9.17, 15) is 9.90 Å². The number of aliphatic hydroxyl groups excluding tert-OH is 1. The van der Waals surface area contributed by atoms with Crippen LogP contribution in [0.2, 0.25) is 0 Å². The molecule has 0 amide bonds. The minimum absolute atomic E-state index is 0.165. The number of hydrogen-bond acceptors (Lipinski definition) is 3. The lowest BCUT2D eigenvalue weighted by Gasteiger charge is -2.06. The van der Waals surface area contributed by atoms with E-state index in [1.807, 2.05) is 13.8 Å². The van der Waals surface area contributed by atoms with Gasteiger partial charge in [0.1, 0.15) is 6.61 Å². The molecule has 0 fully saturated rings. The zero-order chi connectivity index (χ0) is 11.3. The van der Waals surface area contributed by atoms with Gasteiger partial charge >= 0.3 is 5.97 Å². The summed E-state index contributed by atoms with van der Waals surface area (Å²) in [5.74, 6) is -0.168. The van der Waals surface area contributed by atoms with Crippen LogP contribution in [0.5, 0.6) is 0 Å². The molecule has 0 aromatic heterocycles. The quantitative estimate of drug-likeness (QED) is 0.542. The van der Waals surface area contributed by atoms with E-state index in [2.05, 4.69) is 0 Å². The van der Waals surface area contributed by atoms with Gasteiger partial charge in [-0.1, -0.05) is 13.3 Å². The topological polar surface area (TPSA) is 46.5 Å². The van der Waals surface area contributed by atoms with Crippen molar-refractivity contribution in [1.29, 1.82) is 0 Å². The van der Waals surface area contributed by atoms with Crippen molar-refractivity contribution in [1.82, 2.24) is 0 Å². The average Bonchev–Trinajstić information content (AvgIpc) is 2.55. The van der Waals surface area contributed by atoms with E-state index in [1.54, 1.807) is 0 Å². The summed E-state index contributed by atoms with van der Waals surface area (Å²) in [7, 11) is 0. The van der Waals surface area contributed by atoms with Gasteiger partial charge in [0.15, 0.2) is 0 Å². The van der Waals surface area contributed by atoms with Crippen LogP contribution in [0.25, 0.3) is 0 Å². The first kappa shape index (κ1) is 12.2. The Bertz CT molecular complexity index is 256. The third kappa shape index (κ3) is 3.67. The minimum atomic E-state index is -0.168. The van der Waals surface area contributed by atoms with Gasteiger partial charge in [-0.3, -0.25) is 0 Å². The Balaban J connectivity index is 2.18. The lowest BCUT2D eigenvalue weighted by Crippen LogP contribution is -2.03. The minimum Gasteiger partial charge on any atom is -0.458 e. The highest BCUT2D eigenvalue weighted by Crippen LogP contribution is 2.21. The number of ether oxygens (including phenoxy) is 1. The smallest absolute Gasteiger partial charge is 0.334 e. The summed E-state index contributed by atoms with van der Waals surface area (Å²) in [6.07, 6.45) is 4.48. The van der Waals surface area contributed by atoms with Crippen LogP contribution in [0.3, 0.4) is 0 Å². The van der Waals surface area contributed by atoms with Crippen LogP contribution in [0.1, 0.15) is 46.0 Å². The molecule has 0 bridgehead atoms. The predicted molar refractivity (Wildman–Crippen MR) is 58.4 cm³/mol. The van der Waals surface area contributed by atoms with Crippen molar-refractivity contribution in [3.05, 3.63) is 11.1 Å². The molecule has 0 aromatic carbocycles. The molecule has 0 aromatic rings. The van der Waals surface area contributed by atoms with Crippen LogP contribution < -0.4 is 0 Å². The lowest BCUT2D eigenvalue weighted by atomic mass is 10.0. The van der Waals surface area contributed by atoms with Gasteiger partial charge in [-0.25, -0.2) is 4.79 Å². The Labute approximate surface area is 91.1 Å². The molecule has 1 aliphatic heterocycles. The number of rotatable bonds is 6. The summed E-state index contributed by atoms with van der Waals surface area (Å²) in [5, 5.41) is 9.35. The largest absolute Gasteiger partial charge is 0.458 e. The van der Waals surface area contributed by atoms with Crippen molar-refractivity contribution >= 4 is 5.97 Å². The van der Waals surface area contributed by atoms with E-state index < -0.39 is 0 Å². The molecule has 1 rings (SSSR count). The Morgan fingerprint density at radius 2 is 2.20 bits per heavy atom. The Morgan fingerprint density at radius 1 is 1.47 bits per heavy atom. The number of carbonyl (C=O) groups is 1. The molecule has 3 nitrogen and oxygen atoms in total. The summed E-state index contributed by atoms with van der Waals surface area (Å²) in [6.45, 7) is 4.29. The van der Waals surface area contributed by atoms with Crippen molar-refractivity contribution in [2.75, 3.05) is 6.61 Å². The maximum absolute atomic E-state index is 11.1. The van der Waals surface area contributed by atoms with Gasteiger partial charge in [-0.15, -0.1) is 0 Å². The number of aliphatic hydroxyl groups is 1. The molecule has 1 heterocycles. The van der Waals surface area contributed by atoms with Crippen molar-refractivity contribution < 1.29 is 14.6 Å². The molecule has 0 saturated carbocycles. The first-order chi connectivity index (χ1) is 7.15. The normalized spacial score (nSPS) is 18.2. The Hall–Kier alpha value is -0.830. The molecule has 0 unspecified atom stereocenters. The molecule has 0 saturated heterocycles. The molecule has 1 atom stereocenters. The predicted octanol–water partition coefficient (Wildman–Crippen LogP) is 2.19. The zero-order valence-corrected chi connectivity index (χ0v) is 9.58. The fourth-order valence-corrected chi connectivity index (χ4v) is 1.70. The molecular formula is C12H20O3. The van der Waals surface area contributed by atoms with Crippen LogP contribution in [0, 0.1) is 0 Å². The number of esters is 1. The van der Waals surface area contributed by atoms with Gasteiger partial charge in [0, 0.05) is 5.57 Å². The molecule has 15 heavy (non-hydrogen) atoms. The van der Waals surface area contributed by atoms with Crippen molar-refractivity contribution in [2.45, 2.75) is 52.1 Å². The maximum Gasteiger partial charge on any atom is 0.334 e. The average molecular weight is 212 g/mol. The van der Waals surface area contributed by atoms with Crippen molar-refractivity contribution in [3.8, 4) is 0 Å². The van der Waals surface area contributed by atoms with Gasteiger partial charge < -0.3 is 9.84 Å². The first-order valence-electron chi connectivity index (χ1n) is 5.69. The van der Waals surface area contributed by atoms with Gasteiger partial charge in [-0.05, 0) is 38.2 Å². The second-order valence-electron chi connectivity index (χ2n) is 4.11. The summed E-state index contributed by atoms with van der Waals surface area (Å²) in [5.41, 5.74) is 1.91. The molecule has 1 aliphatic rings. The van der Waals surface area contributed by atoms with E-state index in [4.69, 9.17) is 4.74 Å². The maximum atomic E-state index is 11.1. The van der Waals surface area contributed by atoms with Crippen LogP contribution in [-0.2, 0) is 9.53 Å². The van der Waals surface area contributed by atoms with E-state index in [0.29, 0.717) is 6.61 Å². The van der Waals surface area contributed by atoms with Crippen LogP contribution in [0.4, 0.5) is 0 Å². The summed E-state index contributed by atoms with van der Waals surface area (Å²) >= 11 is 0. The number of unbranched alkanes of at least 4 members (excludes halogenated alkanes) is 1. The number of hydrogen-bond donors (Lipinski definition) is 1. The van der Waals surface area contributed by atoms with Gasteiger partial charge in [0.25, 0.3) is 0 Å². The van der Waals surface area contributed by atoms with E-state index >= 15 is 0 Å². The molecule has 0 aliphatic carbocycles. The molecule has 0 radical (unpaired) electrons. The summed E-state index contributed by atoms with van der Waals surface area (Å²) < 4.78 is 4.91. The molecule has 86 valence electrons. The molecule has 3 heteroatoms. The summed E-state index contributed by atoms with van der Waals surface area (Å²) in [6, 6.07) is 0. The second kappa shape index (κ2) is 5.91. The van der Waals surface area contributed by atoms with Crippen molar-refractivity contribution in [3.63, 3.8) is 0 Å². The summed E-state index contributed by atoms with van der Waals surface area (Å²) in [4.78, 5) is 11.1. The SMILES string of the molecule is CC[C@@H](O)CCCCC1=C(C)C(=O)OC1. The third-order valence-corrected chi connectivity index (χ3v) is 2.95. The second-order valence-corrected chi connectivity index (χ2v) is 4.11. The highest BCUT2D eigenvalue weighted by atomic mass is 16.5. The van der Waals surface area contributed by atoms with Crippen LogP contribution in [-0.4, -0.2) is 23.8 Å². The highest BCUT2D eigenvalue weighted by Gasteiger charge is 2.19.